The third-order valence-electron chi connectivity index (χ3n) is 3.47. The molecule has 1 atom stereocenters. The van der Waals surface area contributed by atoms with Crippen molar-refractivity contribution in [1.29, 1.82) is 0 Å². The summed E-state index contributed by atoms with van der Waals surface area (Å²) in [6.45, 7) is 6.07. The average molecular weight is 315 g/mol. The van der Waals surface area contributed by atoms with Gasteiger partial charge in [-0.25, -0.2) is 0 Å². The summed E-state index contributed by atoms with van der Waals surface area (Å²) >= 11 is 1.36. The van der Waals surface area contributed by atoms with E-state index in [0.717, 1.165) is 22.1 Å². The third kappa shape index (κ3) is 2.54. The second kappa shape index (κ2) is 5.96. The van der Waals surface area contributed by atoms with E-state index in [1.165, 1.54) is 11.8 Å². The van der Waals surface area contributed by atoms with E-state index in [1.807, 2.05) is 35.6 Å². The molecule has 2 heterocycles. The topological polar surface area (TPSA) is 56.5 Å². The number of pyridine rings is 1. The zero-order valence-corrected chi connectivity index (χ0v) is 13.6. The van der Waals surface area contributed by atoms with E-state index >= 15 is 0 Å². The highest BCUT2D eigenvalue weighted by atomic mass is 32.2. The van der Waals surface area contributed by atoms with E-state index < -0.39 is 0 Å². The number of fused-ring (bicyclic) bond motifs is 3. The quantitative estimate of drug-likeness (QED) is 0.546. The third-order valence-corrected chi connectivity index (χ3v) is 4.50. The Labute approximate surface area is 132 Å². The van der Waals surface area contributed by atoms with Gasteiger partial charge in [0.25, 0.3) is 0 Å². The molecule has 0 fully saturated rings. The Morgan fingerprint density at radius 1 is 1.36 bits per heavy atom. The van der Waals surface area contributed by atoms with Crippen LogP contribution in [0.5, 0.6) is 0 Å². The summed E-state index contributed by atoms with van der Waals surface area (Å²) in [5.41, 5.74) is 2.99. The Balaban J connectivity index is 2.08. The number of aromatic nitrogens is 3. The van der Waals surface area contributed by atoms with Gasteiger partial charge in [-0.15, -0.1) is 10.2 Å². The summed E-state index contributed by atoms with van der Waals surface area (Å²) in [7, 11) is 0. The van der Waals surface area contributed by atoms with Crippen molar-refractivity contribution in [3.8, 4) is 0 Å². The average Bonchev–Trinajstić information content (AvgIpc) is 2.90. The predicted molar refractivity (Wildman–Crippen MR) is 87.2 cm³/mol. The number of rotatable bonds is 4. The van der Waals surface area contributed by atoms with Crippen molar-refractivity contribution in [2.45, 2.75) is 31.2 Å². The molecule has 3 aromatic rings. The zero-order chi connectivity index (χ0) is 15.7. The maximum atomic E-state index is 11.8. The number of nitrogens with zero attached hydrogens (tertiary/aromatic N) is 3. The van der Waals surface area contributed by atoms with Gasteiger partial charge in [0.2, 0.25) is 0 Å². The highest BCUT2D eigenvalue weighted by Gasteiger charge is 2.20. The molecule has 0 aliphatic heterocycles. The Kier molecular flexibility index (Phi) is 4.02. The Morgan fingerprint density at radius 2 is 2.14 bits per heavy atom. The van der Waals surface area contributed by atoms with Crippen LogP contribution < -0.4 is 0 Å². The fourth-order valence-corrected chi connectivity index (χ4v) is 3.28. The summed E-state index contributed by atoms with van der Waals surface area (Å²) in [5.74, 6) is -0.235. The molecule has 22 heavy (non-hydrogen) atoms. The minimum absolute atomic E-state index is 0.235. The number of para-hydroxylation sites is 1. The first kappa shape index (κ1) is 14.8. The Morgan fingerprint density at radius 3 is 2.91 bits per heavy atom. The molecule has 0 bridgehead atoms. The van der Waals surface area contributed by atoms with Crippen molar-refractivity contribution in [3.05, 3.63) is 35.9 Å². The molecule has 5 nitrogen and oxygen atoms in total. The second-order valence-corrected chi connectivity index (χ2v) is 6.34. The number of aryl methyl sites for hydroxylation is 1. The van der Waals surface area contributed by atoms with E-state index in [9.17, 15) is 4.79 Å². The van der Waals surface area contributed by atoms with Gasteiger partial charge < -0.3 is 4.74 Å². The molecule has 1 aromatic carbocycles. The molecule has 0 saturated heterocycles. The monoisotopic (exact) mass is 315 g/mol. The van der Waals surface area contributed by atoms with Crippen LogP contribution in [-0.2, 0) is 9.53 Å². The molecule has 0 aliphatic carbocycles. The summed E-state index contributed by atoms with van der Waals surface area (Å²) in [5, 5.41) is 9.99. The number of thioether (sulfide) groups is 1. The normalized spacial score (nSPS) is 12.7. The number of carbonyl (C=O) groups excluding carboxylic acids is 1. The van der Waals surface area contributed by atoms with Gasteiger partial charge in [-0.05, 0) is 38.5 Å². The molecule has 3 rings (SSSR count). The van der Waals surface area contributed by atoms with Crippen molar-refractivity contribution < 1.29 is 9.53 Å². The van der Waals surface area contributed by atoms with Gasteiger partial charge in [-0.2, -0.15) is 0 Å². The van der Waals surface area contributed by atoms with Gasteiger partial charge in [-0.3, -0.25) is 9.20 Å². The number of carbonyl (C=O) groups is 1. The first-order valence-corrected chi connectivity index (χ1v) is 8.06. The molecule has 0 aliphatic rings. The lowest BCUT2D eigenvalue weighted by atomic mass is 10.1. The van der Waals surface area contributed by atoms with Crippen LogP contribution in [0.15, 0.2) is 35.5 Å². The second-order valence-electron chi connectivity index (χ2n) is 5.03. The summed E-state index contributed by atoms with van der Waals surface area (Å²) in [6, 6.07) is 10.1. The lowest BCUT2D eigenvalue weighted by Crippen LogP contribution is -2.17. The molecule has 1 unspecified atom stereocenters. The molecule has 0 N–H and O–H groups in total. The number of hydrogen-bond acceptors (Lipinski definition) is 5. The summed E-state index contributed by atoms with van der Waals surface area (Å²) in [6.07, 6.45) is 0. The van der Waals surface area contributed by atoms with Crippen LogP contribution in [0.1, 0.15) is 19.4 Å². The number of hydrogen-bond donors (Lipinski definition) is 0. The number of benzene rings is 1. The van der Waals surface area contributed by atoms with E-state index in [0.29, 0.717) is 11.8 Å². The fourth-order valence-electron chi connectivity index (χ4n) is 2.42. The molecule has 0 spiro atoms. The van der Waals surface area contributed by atoms with Gasteiger partial charge in [0, 0.05) is 5.39 Å². The lowest BCUT2D eigenvalue weighted by Gasteiger charge is -2.10. The largest absolute Gasteiger partial charge is 0.465 e. The van der Waals surface area contributed by atoms with E-state index in [-0.39, 0.29) is 11.2 Å². The number of ether oxygens (including phenoxy) is 1. The van der Waals surface area contributed by atoms with Crippen molar-refractivity contribution >= 4 is 34.3 Å². The maximum absolute atomic E-state index is 11.8. The maximum Gasteiger partial charge on any atom is 0.319 e. The molecule has 114 valence electrons. The molecule has 0 saturated carbocycles. The minimum atomic E-state index is -0.326. The molecule has 2 aromatic heterocycles. The molecule has 0 amide bonds. The van der Waals surface area contributed by atoms with Crippen LogP contribution in [0.3, 0.4) is 0 Å². The van der Waals surface area contributed by atoms with Gasteiger partial charge in [-0.1, -0.05) is 30.0 Å². The Hall–Kier alpha value is -2.08. The van der Waals surface area contributed by atoms with Gasteiger partial charge >= 0.3 is 5.97 Å². The van der Waals surface area contributed by atoms with E-state index in [2.05, 4.69) is 23.2 Å². The predicted octanol–water partition coefficient (Wildman–Crippen LogP) is 3.23. The lowest BCUT2D eigenvalue weighted by molar-refractivity contribution is -0.142. The van der Waals surface area contributed by atoms with Crippen LogP contribution in [0.25, 0.3) is 16.6 Å². The minimum Gasteiger partial charge on any atom is -0.465 e. The molecule has 0 radical (unpaired) electrons. The molecular formula is C16H17N3O2S. The van der Waals surface area contributed by atoms with Gasteiger partial charge in [0.05, 0.1) is 12.1 Å². The molecular weight excluding hydrogens is 298 g/mol. The fraction of sp³-hybridized carbons (Fsp3) is 0.312. The highest BCUT2D eigenvalue weighted by molar-refractivity contribution is 8.00. The van der Waals surface area contributed by atoms with Gasteiger partial charge in [0.15, 0.2) is 10.8 Å². The Bertz CT molecular complexity index is 844. The van der Waals surface area contributed by atoms with Crippen LogP contribution in [0, 0.1) is 6.92 Å². The van der Waals surface area contributed by atoms with Crippen molar-refractivity contribution in [1.82, 2.24) is 14.6 Å². The molecule has 6 heteroatoms. The SMILES string of the molecule is CCOC(=O)C(C)Sc1nnc2cc(C)c3ccccc3n12. The first-order valence-electron chi connectivity index (χ1n) is 7.18. The first-order chi connectivity index (χ1) is 10.6. The van der Waals surface area contributed by atoms with Crippen LogP contribution >= 0.6 is 11.8 Å². The van der Waals surface area contributed by atoms with Crippen molar-refractivity contribution in [2.75, 3.05) is 6.61 Å². The zero-order valence-electron chi connectivity index (χ0n) is 12.7. The van der Waals surface area contributed by atoms with E-state index in [4.69, 9.17) is 4.74 Å². The summed E-state index contributed by atoms with van der Waals surface area (Å²) < 4.78 is 7.04. The van der Waals surface area contributed by atoms with Crippen molar-refractivity contribution in [3.63, 3.8) is 0 Å². The van der Waals surface area contributed by atoms with Crippen molar-refractivity contribution in [2.24, 2.45) is 0 Å². The van der Waals surface area contributed by atoms with Crippen LogP contribution in [0.2, 0.25) is 0 Å². The smallest absolute Gasteiger partial charge is 0.319 e. The van der Waals surface area contributed by atoms with Crippen LogP contribution in [0.4, 0.5) is 0 Å². The number of esters is 1. The highest BCUT2D eigenvalue weighted by Crippen LogP contribution is 2.28. The van der Waals surface area contributed by atoms with E-state index in [1.54, 1.807) is 6.92 Å². The van der Waals surface area contributed by atoms with Gasteiger partial charge in [0.1, 0.15) is 5.25 Å². The standard InChI is InChI=1S/C16H17N3O2S/c1-4-21-15(20)11(3)22-16-18-17-14-9-10(2)12-7-5-6-8-13(12)19(14)16/h5-9,11H,4H2,1-3H3. The van der Waals surface area contributed by atoms with Crippen LogP contribution in [-0.4, -0.2) is 32.4 Å². The summed E-state index contributed by atoms with van der Waals surface area (Å²) in [4.78, 5) is 11.8.